The lowest BCUT2D eigenvalue weighted by Gasteiger charge is -2.14. The van der Waals surface area contributed by atoms with Crippen LogP contribution in [-0.4, -0.2) is 16.2 Å². The molecule has 0 aliphatic carbocycles. The minimum atomic E-state index is -1.03. The zero-order valence-corrected chi connectivity index (χ0v) is 8.95. The molecule has 0 heterocycles. The third kappa shape index (κ3) is 2.84. The predicted octanol–water partition coefficient (Wildman–Crippen LogP) is 1.83. The Balaban J connectivity index is 3.08. The minimum Gasteiger partial charge on any atom is -0.508 e. The SMILES string of the molecule is Cc1cc(O)c(C(N)CC(=O)O)c(Cl)c1. The second-order valence-electron chi connectivity index (χ2n) is 3.38. The molecule has 0 aromatic heterocycles. The Bertz CT molecular complexity index is 369. The molecular formula is C10H12ClNO3. The quantitative estimate of drug-likeness (QED) is 0.738. The van der Waals surface area contributed by atoms with Crippen LogP contribution in [0.5, 0.6) is 5.75 Å². The third-order valence-corrected chi connectivity index (χ3v) is 2.33. The molecule has 0 aliphatic rings. The molecule has 0 saturated carbocycles. The summed E-state index contributed by atoms with van der Waals surface area (Å²) in [6.45, 7) is 1.78. The molecule has 0 saturated heterocycles. The van der Waals surface area contributed by atoms with Crippen LogP contribution >= 0.6 is 11.6 Å². The van der Waals surface area contributed by atoms with Crippen molar-refractivity contribution in [3.63, 3.8) is 0 Å². The fourth-order valence-electron chi connectivity index (χ4n) is 1.39. The highest BCUT2D eigenvalue weighted by Crippen LogP contribution is 2.33. The van der Waals surface area contributed by atoms with Gasteiger partial charge in [-0.05, 0) is 24.6 Å². The fourth-order valence-corrected chi connectivity index (χ4v) is 1.80. The van der Waals surface area contributed by atoms with Crippen molar-refractivity contribution >= 4 is 17.6 Å². The highest BCUT2D eigenvalue weighted by molar-refractivity contribution is 6.31. The van der Waals surface area contributed by atoms with Gasteiger partial charge in [-0.25, -0.2) is 0 Å². The maximum absolute atomic E-state index is 10.5. The summed E-state index contributed by atoms with van der Waals surface area (Å²) in [5.41, 5.74) is 6.70. The summed E-state index contributed by atoms with van der Waals surface area (Å²) >= 11 is 5.88. The van der Waals surface area contributed by atoms with E-state index in [-0.39, 0.29) is 17.7 Å². The number of rotatable bonds is 3. The number of hydrogen-bond acceptors (Lipinski definition) is 3. The molecule has 5 heteroatoms. The molecule has 0 spiro atoms. The van der Waals surface area contributed by atoms with Crippen LogP contribution in [-0.2, 0) is 4.79 Å². The van der Waals surface area contributed by atoms with E-state index in [1.54, 1.807) is 13.0 Å². The van der Waals surface area contributed by atoms with Crippen LogP contribution in [0.3, 0.4) is 0 Å². The Morgan fingerprint density at radius 1 is 1.60 bits per heavy atom. The molecule has 4 nitrogen and oxygen atoms in total. The molecular weight excluding hydrogens is 218 g/mol. The van der Waals surface area contributed by atoms with E-state index in [0.29, 0.717) is 5.02 Å². The van der Waals surface area contributed by atoms with Crippen LogP contribution < -0.4 is 5.73 Å². The largest absolute Gasteiger partial charge is 0.508 e. The maximum Gasteiger partial charge on any atom is 0.305 e. The van der Waals surface area contributed by atoms with E-state index in [4.69, 9.17) is 22.4 Å². The lowest BCUT2D eigenvalue weighted by Crippen LogP contribution is -2.15. The van der Waals surface area contributed by atoms with Gasteiger partial charge in [0.25, 0.3) is 0 Å². The Kier molecular flexibility index (Phi) is 3.55. The van der Waals surface area contributed by atoms with E-state index in [0.717, 1.165) is 5.56 Å². The van der Waals surface area contributed by atoms with Crippen molar-refractivity contribution in [3.05, 3.63) is 28.3 Å². The predicted molar refractivity (Wildman–Crippen MR) is 57.0 cm³/mol. The molecule has 0 amide bonds. The van der Waals surface area contributed by atoms with Crippen molar-refractivity contribution in [1.29, 1.82) is 0 Å². The lowest BCUT2D eigenvalue weighted by atomic mass is 10.0. The van der Waals surface area contributed by atoms with Gasteiger partial charge in [-0.3, -0.25) is 4.79 Å². The molecule has 0 radical (unpaired) electrons. The van der Waals surface area contributed by atoms with E-state index < -0.39 is 12.0 Å². The topological polar surface area (TPSA) is 83.5 Å². The molecule has 1 rings (SSSR count). The number of phenolic OH excluding ortho intramolecular Hbond substituents is 1. The van der Waals surface area contributed by atoms with Crippen LogP contribution in [0.1, 0.15) is 23.6 Å². The summed E-state index contributed by atoms with van der Waals surface area (Å²) in [4.78, 5) is 10.5. The van der Waals surface area contributed by atoms with Gasteiger partial charge >= 0.3 is 5.97 Å². The molecule has 4 N–H and O–H groups in total. The molecule has 0 aliphatic heterocycles. The maximum atomic E-state index is 10.5. The van der Waals surface area contributed by atoms with Gasteiger partial charge in [0, 0.05) is 16.6 Å². The summed E-state index contributed by atoms with van der Waals surface area (Å²) in [6.07, 6.45) is -0.268. The number of aliphatic carboxylic acids is 1. The number of aryl methyl sites for hydroxylation is 1. The smallest absolute Gasteiger partial charge is 0.305 e. The molecule has 1 aromatic carbocycles. The van der Waals surface area contributed by atoms with Gasteiger partial charge in [-0.1, -0.05) is 11.6 Å². The van der Waals surface area contributed by atoms with E-state index in [1.165, 1.54) is 6.07 Å². The van der Waals surface area contributed by atoms with Crippen molar-refractivity contribution in [3.8, 4) is 5.75 Å². The van der Waals surface area contributed by atoms with Gasteiger partial charge < -0.3 is 15.9 Å². The van der Waals surface area contributed by atoms with Gasteiger partial charge in [0.2, 0.25) is 0 Å². The second-order valence-corrected chi connectivity index (χ2v) is 3.79. The average molecular weight is 230 g/mol. The van der Waals surface area contributed by atoms with E-state index in [1.807, 2.05) is 0 Å². The first-order valence-electron chi connectivity index (χ1n) is 4.38. The zero-order chi connectivity index (χ0) is 11.6. The monoisotopic (exact) mass is 229 g/mol. The Labute approximate surface area is 92.3 Å². The molecule has 0 bridgehead atoms. The summed E-state index contributed by atoms with van der Waals surface area (Å²) < 4.78 is 0. The number of aromatic hydroxyl groups is 1. The van der Waals surface area contributed by atoms with Gasteiger partial charge in [-0.2, -0.15) is 0 Å². The second kappa shape index (κ2) is 4.51. The summed E-state index contributed by atoms with van der Waals surface area (Å²) in [5, 5.41) is 18.5. The molecule has 1 aromatic rings. The van der Waals surface area contributed by atoms with Crippen molar-refractivity contribution in [1.82, 2.24) is 0 Å². The number of halogens is 1. The number of carboxylic acid groups (broad SMARTS) is 1. The van der Waals surface area contributed by atoms with Crippen molar-refractivity contribution in [2.45, 2.75) is 19.4 Å². The summed E-state index contributed by atoms with van der Waals surface area (Å²) in [7, 11) is 0. The zero-order valence-electron chi connectivity index (χ0n) is 8.20. The summed E-state index contributed by atoms with van der Waals surface area (Å²) in [5.74, 6) is -1.09. The number of carboxylic acids is 1. The lowest BCUT2D eigenvalue weighted by molar-refractivity contribution is -0.137. The normalized spacial score (nSPS) is 12.5. The number of nitrogens with two attached hydrogens (primary N) is 1. The minimum absolute atomic E-state index is 0.0613. The number of hydrogen-bond donors (Lipinski definition) is 3. The number of benzene rings is 1. The summed E-state index contributed by atoms with van der Waals surface area (Å²) in [6, 6.07) is 2.34. The van der Waals surface area contributed by atoms with Crippen molar-refractivity contribution in [2.24, 2.45) is 5.73 Å². The van der Waals surface area contributed by atoms with E-state index in [2.05, 4.69) is 0 Å². The van der Waals surface area contributed by atoms with Crippen LogP contribution in [0.15, 0.2) is 12.1 Å². The van der Waals surface area contributed by atoms with Gasteiger partial charge in [0.15, 0.2) is 0 Å². The van der Waals surface area contributed by atoms with Crippen LogP contribution in [0.2, 0.25) is 5.02 Å². The average Bonchev–Trinajstić information content (AvgIpc) is 1.99. The molecule has 82 valence electrons. The highest BCUT2D eigenvalue weighted by Gasteiger charge is 2.18. The highest BCUT2D eigenvalue weighted by atomic mass is 35.5. The Morgan fingerprint density at radius 3 is 2.67 bits per heavy atom. The number of phenols is 1. The van der Waals surface area contributed by atoms with Crippen LogP contribution in [0.4, 0.5) is 0 Å². The first-order chi connectivity index (χ1) is 6.91. The molecule has 1 atom stereocenters. The first kappa shape index (κ1) is 11.8. The fraction of sp³-hybridized carbons (Fsp3) is 0.300. The standard InChI is InChI=1S/C10H12ClNO3/c1-5-2-6(11)10(8(13)3-5)7(12)4-9(14)15/h2-3,7,13H,4,12H2,1H3,(H,14,15). The van der Waals surface area contributed by atoms with Gasteiger partial charge in [0.1, 0.15) is 5.75 Å². The van der Waals surface area contributed by atoms with Crippen LogP contribution in [0, 0.1) is 6.92 Å². The molecule has 0 fully saturated rings. The van der Waals surface area contributed by atoms with Gasteiger partial charge in [-0.15, -0.1) is 0 Å². The Hall–Kier alpha value is -1.26. The van der Waals surface area contributed by atoms with Crippen molar-refractivity contribution < 1.29 is 15.0 Å². The molecule has 15 heavy (non-hydrogen) atoms. The Morgan fingerprint density at radius 2 is 2.20 bits per heavy atom. The van der Waals surface area contributed by atoms with Crippen molar-refractivity contribution in [2.75, 3.05) is 0 Å². The molecule has 1 unspecified atom stereocenters. The first-order valence-corrected chi connectivity index (χ1v) is 4.76. The third-order valence-electron chi connectivity index (χ3n) is 2.02. The van der Waals surface area contributed by atoms with Gasteiger partial charge in [0.05, 0.1) is 6.42 Å². The van der Waals surface area contributed by atoms with E-state index >= 15 is 0 Å². The van der Waals surface area contributed by atoms with Crippen LogP contribution in [0.25, 0.3) is 0 Å². The van der Waals surface area contributed by atoms with E-state index in [9.17, 15) is 9.90 Å². The number of carbonyl (C=O) groups is 1.